The van der Waals surface area contributed by atoms with Crippen LogP contribution in [0, 0.1) is 12.8 Å². The van der Waals surface area contributed by atoms with Crippen LogP contribution >= 0.6 is 0 Å². The van der Waals surface area contributed by atoms with Crippen molar-refractivity contribution in [1.82, 2.24) is 4.90 Å². The van der Waals surface area contributed by atoms with Gasteiger partial charge in [-0.3, -0.25) is 19.2 Å². The first kappa shape index (κ1) is 32.9. The predicted octanol–water partition coefficient (Wildman–Crippen LogP) is 0.803. The highest BCUT2D eigenvalue weighted by Crippen LogP contribution is 2.62. The number of rotatable bonds is 11. The number of piperidine rings is 1. The lowest BCUT2D eigenvalue weighted by molar-refractivity contribution is -0.172. The Morgan fingerprint density at radius 2 is 1.82 bits per heavy atom. The zero-order valence-electron chi connectivity index (χ0n) is 24.8. The molecule has 1 saturated heterocycles. The molecule has 0 unspecified atom stereocenters. The number of ketones is 1. The molecule has 1 aromatic carbocycles. The number of phenols is 1. The van der Waals surface area contributed by atoms with Crippen molar-refractivity contribution >= 4 is 29.7 Å². The topological polar surface area (TPSA) is 217 Å². The molecule has 44 heavy (non-hydrogen) atoms. The van der Waals surface area contributed by atoms with E-state index in [1.165, 1.54) is 12.1 Å². The molecule has 14 nitrogen and oxygen atoms in total. The fourth-order valence-electron chi connectivity index (χ4n) is 6.61. The average Bonchev–Trinajstić information content (AvgIpc) is 3.31. The highest BCUT2D eigenvalue weighted by molar-refractivity contribution is 5.90. The molecule has 3 aliphatic rings. The van der Waals surface area contributed by atoms with E-state index in [0.717, 1.165) is 12.5 Å². The van der Waals surface area contributed by atoms with Gasteiger partial charge in [-0.05, 0) is 58.5 Å². The first-order valence-corrected chi connectivity index (χ1v) is 14.2. The molecule has 2 aliphatic heterocycles. The molecule has 1 spiro atoms. The first-order chi connectivity index (χ1) is 20.5. The number of fused-ring (bicyclic) bond motifs is 1. The van der Waals surface area contributed by atoms with Crippen LogP contribution in [0.1, 0.15) is 57.1 Å². The van der Waals surface area contributed by atoms with Gasteiger partial charge in [0.1, 0.15) is 11.9 Å². The first-order valence-electron chi connectivity index (χ1n) is 14.2. The van der Waals surface area contributed by atoms with Crippen molar-refractivity contribution in [2.45, 2.75) is 88.2 Å². The quantitative estimate of drug-likeness (QED) is 0.217. The summed E-state index contributed by atoms with van der Waals surface area (Å²) in [5.74, 6) is -8.06. The molecule has 7 atom stereocenters. The van der Waals surface area contributed by atoms with Gasteiger partial charge in [-0.15, -0.1) is 0 Å². The van der Waals surface area contributed by atoms with E-state index in [9.17, 15) is 44.4 Å². The molecular formula is C30H37NO13. The summed E-state index contributed by atoms with van der Waals surface area (Å²) in [7, 11) is 1.88. The summed E-state index contributed by atoms with van der Waals surface area (Å²) in [6.45, 7) is 5.41. The number of nitrogens with zero attached hydrogens (tertiary/aromatic N) is 1. The molecule has 0 bridgehead atoms. The van der Waals surface area contributed by atoms with Crippen LogP contribution in [0.2, 0.25) is 0 Å². The number of aryl methyl sites for hydroxylation is 1. The van der Waals surface area contributed by atoms with Gasteiger partial charge in [0.2, 0.25) is 6.10 Å². The summed E-state index contributed by atoms with van der Waals surface area (Å²) in [6, 6.07) is 2.83. The molecule has 4 rings (SSSR count). The Balaban J connectivity index is 1.64. The number of benzene rings is 1. The van der Waals surface area contributed by atoms with Gasteiger partial charge in [0.15, 0.2) is 23.4 Å². The van der Waals surface area contributed by atoms with Crippen LogP contribution in [0.25, 0.3) is 0 Å². The largest absolute Gasteiger partial charge is 0.504 e. The molecule has 2 heterocycles. The number of carbonyl (C=O) groups is 5. The molecular weight excluding hydrogens is 582 g/mol. The van der Waals surface area contributed by atoms with Crippen molar-refractivity contribution < 1.29 is 63.7 Å². The molecule has 0 radical (unpaired) electrons. The summed E-state index contributed by atoms with van der Waals surface area (Å²) in [5, 5.41) is 50.9. The van der Waals surface area contributed by atoms with Crippen molar-refractivity contribution in [3.05, 3.63) is 35.1 Å². The second-order valence-corrected chi connectivity index (χ2v) is 11.8. The maximum absolute atomic E-state index is 13.3. The number of likely N-dealkylation sites (tertiary alicyclic amines) is 1. The van der Waals surface area contributed by atoms with Crippen LogP contribution in [0.3, 0.4) is 0 Å². The number of ether oxygens (including phenoxy) is 3. The molecule has 0 saturated carbocycles. The highest BCUT2D eigenvalue weighted by Gasteiger charge is 2.69. The fraction of sp³-hybridized carbons (Fsp3) is 0.567. The molecule has 240 valence electrons. The number of Topliss-reactive ketones (excluding diaryl/α,β-unsaturated/α-hetero) is 1. The Morgan fingerprint density at radius 1 is 1.14 bits per heavy atom. The van der Waals surface area contributed by atoms with E-state index in [-0.39, 0.29) is 29.7 Å². The fourth-order valence-corrected chi connectivity index (χ4v) is 6.61. The van der Waals surface area contributed by atoms with E-state index in [2.05, 4.69) is 0 Å². The molecule has 14 heteroatoms. The lowest BCUT2D eigenvalue weighted by atomic mass is 9.54. The van der Waals surface area contributed by atoms with Gasteiger partial charge < -0.3 is 44.6 Å². The lowest BCUT2D eigenvalue weighted by Gasteiger charge is -2.58. The third kappa shape index (κ3) is 5.64. The summed E-state index contributed by atoms with van der Waals surface area (Å²) >= 11 is 0. The summed E-state index contributed by atoms with van der Waals surface area (Å²) in [6.07, 6.45) is -5.23. The van der Waals surface area contributed by atoms with E-state index in [4.69, 9.17) is 19.3 Å². The van der Waals surface area contributed by atoms with Crippen LogP contribution in [0.4, 0.5) is 0 Å². The second-order valence-electron chi connectivity index (χ2n) is 11.8. The van der Waals surface area contributed by atoms with E-state index >= 15 is 0 Å². The standard InChI is InChI=1S/C30H37NO13/c1-14-5-6-18(33)25-24(14)29-9-10-31(4)16(3)30(29,41)8-7-20(26(29)44-25)42-23(37)12-17(11-19(34)15(2)32)28(40)43-21(27(38)39)13-22(35)36/h5-7,15-17,21,26,32-33,41H,8-13H2,1-4H3,(H,35,36)(H,38,39)/t15-,16+,17-,21+,26-,29-,30+/m0/s1. The zero-order chi connectivity index (χ0) is 32.7. The number of likely N-dealkylation sites (N-methyl/N-ethyl adjacent to an activating group) is 1. The van der Waals surface area contributed by atoms with Crippen LogP contribution in [-0.4, -0.2) is 104 Å². The molecule has 5 N–H and O–H groups in total. The highest BCUT2D eigenvalue weighted by atomic mass is 16.6. The van der Waals surface area contributed by atoms with E-state index in [1.807, 2.05) is 25.8 Å². The van der Waals surface area contributed by atoms with Gasteiger partial charge in [0.05, 0.1) is 29.8 Å². The minimum atomic E-state index is -2.08. The molecule has 0 aromatic heterocycles. The summed E-state index contributed by atoms with van der Waals surface area (Å²) in [4.78, 5) is 63.0. The van der Waals surface area contributed by atoms with Gasteiger partial charge in [-0.25, -0.2) is 4.79 Å². The minimum absolute atomic E-state index is 0.0229. The Kier molecular flexibility index (Phi) is 9.10. The zero-order valence-corrected chi connectivity index (χ0v) is 24.8. The Hall–Kier alpha value is -4.01. The number of aliphatic hydroxyl groups excluding tert-OH is 1. The van der Waals surface area contributed by atoms with Crippen molar-refractivity contribution in [3.63, 3.8) is 0 Å². The van der Waals surface area contributed by atoms with Gasteiger partial charge >= 0.3 is 23.9 Å². The maximum Gasteiger partial charge on any atom is 0.345 e. The number of carboxylic acid groups (broad SMARTS) is 2. The Morgan fingerprint density at radius 3 is 2.43 bits per heavy atom. The van der Waals surface area contributed by atoms with Crippen LogP contribution in [0.15, 0.2) is 24.0 Å². The smallest absolute Gasteiger partial charge is 0.345 e. The monoisotopic (exact) mass is 619 g/mol. The molecule has 1 aliphatic carbocycles. The molecule has 0 amide bonds. The van der Waals surface area contributed by atoms with Crippen LogP contribution in [0.5, 0.6) is 11.5 Å². The van der Waals surface area contributed by atoms with Gasteiger partial charge in [0, 0.05) is 24.4 Å². The third-order valence-corrected chi connectivity index (χ3v) is 9.12. The van der Waals surface area contributed by atoms with Gasteiger partial charge in [0.25, 0.3) is 0 Å². The number of carboxylic acids is 2. The van der Waals surface area contributed by atoms with E-state index < -0.39 is 84.2 Å². The minimum Gasteiger partial charge on any atom is -0.504 e. The number of esters is 2. The Bertz CT molecular complexity index is 1400. The second kappa shape index (κ2) is 12.2. The van der Waals surface area contributed by atoms with Crippen molar-refractivity contribution in [2.24, 2.45) is 5.92 Å². The van der Waals surface area contributed by atoms with Crippen molar-refractivity contribution in [2.75, 3.05) is 13.6 Å². The van der Waals surface area contributed by atoms with Crippen molar-refractivity contribution in [1.29, 1.82) is 0 Å². The number of phenolic OH excluding ortho intramolecular Hbond substituents is 1. The Labute approximate surface area is 252 Å². The summed E-state index contributed by atoms with van der Waals surface area (Å²) < 4.78 is 16.8. The predicted molar refractivity (Wildman–Crippen MR) is 149 cm³/mol. The SMILES string of the molecule is Cc1ccc(O)c2c1[C@]13CCN(C)[C@H](C)[C@]1(O)CC=C(OC(=O)C[C@H](CC(=O)[C@H](C)O)C(=O)O[C@H](CC(=O)O)C(=O)O)[C@@H]3O2. The number of hydrogen-bond acceptors (Lipinski definition) is 12. The number of aliphatic carboxylic acids is 2. The number of hydrogen-bond donors (Lipinski definition) is 5. The maximum atomic E-state index is 13.3. The van der Waals surface area contributed by atoms with Gasteiger partial charge in [-0.2, -0.15) is 0 Å². The van der Waals surface area contributed by atoms with Gasteiger partial charge in [-0.1, -0.05) is 6.07 Å². The van der Waals surface area contributed by atoms with Crippen LogP contribution in [-0.2, 0) is 38.9 Å². The number of aromatic hydroxyl groups is 1. The van der Waals surface area contributed by atoms with Crippen LogP contribution < -0.4 is 4.74 Å². The van der Waals surface area contributed by atoms with E-state index in [0.29, 0.717) is 18.5 Å². The summed E-state index contributed by atoms with van der Waals surface area (Å²) in [5.41, 5.74) is -1.14. The van der Waals surface area contributed by atoms with Crippen molar-refractivity contribution in [3.8, 4) is 11.5 Å². The van der Waals surface area contributed by atoms with E-state index in [1.54, 1.807) is 6.07 Å². The normalized spacial score (nSPS) is 27.7. The molecule has 1 aromatic rings. The molecule has 1 fully saturated rings. The number of carbonyl (C=O) groups excluding carboxylic acids is 3. The lowest BCUT2D eigenvalue weighted by Crippen LogP contribution is -2.71. The third-order valence-electron chi connectivity index (χ3n) is 9.12. The number of aliphatic hydroxyl groups is 2. The average molecular weight is 620 g/mol.